The van der Waals surface area contributed by atoms with Gasteiger partial charge in [0.15, 0.2) is 0 Å². The Labute approximate surface area is 64.1 Å². The van der Waals surface area contributed by atoms with Crippen molar-refractivity contribution in [3.05, 3.63) is 12.3 Å². The summed E-state index contributed by atoms with van der Waals surface area (Å²) in [6.07, 6.45) is 5.31. The minimum Gasteiger partial charge on any atom is -0.243 e. The van der Waals surface area contributed by atoms with E-state index in [-0.39, 0.29) is 0 Å². The first-order chi connectivity index (χ1) is 4.88. The lowest BCUT2D eigenvalue weighted by atomic mass is 10.5. The van der Waals surface area contributed by atoms with Crippen LogP contribution in [0.15, 0.2) is 22.4 Å². The zero-order chi connectivity index (χ0) is 6.97. The van der Waals surface area contributed by atoms with Gasteiger partial charge in [-0.1, -0.05) is 12.8 Å². The second-order valence-corrected chi connectivity index (χ2v) is 2.40. The molecule has 0 bridgehead atoms. The van der Waals surface area contributed by atoms with E-state index < -0.39 is 0 Å². The molecule has 0 spiro atoms. The molecule has 0 atom stereocenters. The summed E-state index contributed by atoms with van der Waals surface area (Å²) in [5.41, 5.74) is 0. The van der Waals surface area contributed by atoms with Crippen molar-refractivity contribution in [3.8, 4) is 0 Å². The Morgan fingerprint density at radius 1 is 1.60 bits per heavy atom. The number of hydrogen-bond donors (Lipinski definition) is 1. The van der Waals surface area contributed by atoms with E-state index in [0.29, 0.717) is 0 Å². The van der Waals surface area contributed by atoms with Gasteiger partial charge in [0, 0.05) is 6.20 Å². The molecule has 2 rings (SSSR count). The van der Waals surface area contributed by atoms with Crippen molar-refractivity contribution in [2.24, 2.45) is 10.1 Å². The van der Waals surface area contributed by atoms with E-state index in [9.17, 15) is 0 Å². The molecule has 0 saturated carbocycles. The number of nitrogens with zero attached hydrogens (tertiary/aromatic N) is 4. The third kappa shape index (κ3) is 0.706. The summed E-state index contributed by atoms with van der Waals surface area (Å²) >= 11 is 4.09. The highest BCUT2D eigenvalue weighted by Crippen LogP contribution is 2.11. The monoisotopic (exact) mass is 154 g/mol. The van der Waals surface area contributed by atoms with Crippen LogP contribution >= 0.6 is 12.8 Å². The van der Waals surface area contributed by atoms with Crippen LogP contribution in [-0.2, 0) is 0 Å². The number of aliphatic imine (C=N–C) groups is 1. The molecule has 0 aromatic carbocycles. The number of guanidine groups is 1. The minimum atomic E-state index is 0.769. The first-order valence-corrected chi connectivity index (χ1v) is 3.30. The maximum Gasteiger partial charge on any atom is 0.238 e. The van der Waals surface area contributed by atoms with Crippen LogP contribution in [0.25, 0.3) is 0 Å². The summed E-state index contributed by atoms with van der Waals surface area (Å²) in [5, 5.41) is 5.79. The normalized spacial score (nSPS) is 21.5. The highest BCUT2D eigenvalue weighted by molar-refractivity contribution is 7.79. The van der Waals surface area contributed by atoms with E-state index in [2.05, 4.69) is 22.9 Å². The number of thiol groups is 1. The summed E-state index contributed by atoms with van der Waals surface area (Å²) in [5.74, 6) is 0.769. The molecule has 0 saturated heterocycles. The Balaban J connectivity index is 2.32. The Morgan fingerprint density at radius 3 is 3.30 bits per heavy atom. The first kappa shape index (κ1) is 5.79. The molecule has 0 radical (unpaired) electrons. The van der Waals surface area contributed by atoms with Crippen LogP contribution in [0.1, 0.15) is 0 Å². The molecule has 5 heteroatoms. The molecule has 0 unspecified atom stereocenters. The number of hydrogen-bond acceptors (Lipinski definition) is 5. The standard InChI is InChI=1S/C5H6N4S/c10-9-4-7-8-3-1-2-6-5(8)9/h1-2,4,10H,3H2. The largest absolute Gasteiger partial charge is 0.243 e. The van der Waals surface area contributed by atoms with Crippen molar-refractivity contribution in [2.75, 3.05) is 6.54 Å². The van der Waals surface area contributed by atoms with Gasteiger partial charge in [-0.15, -0.1) is 0 Å². The van der Waals surface area contributed by atoms with Gasteiger partial charge >= 0.3 is 0 Å². The number of fused-ring (bicyclic) bond motifs is 1. The van der Waals surface area contributed by atoms with E-state index >= 15 is 0 Å². The third-order valence-corrected chi connectivity index (χ3v) is 1.59. The van der Waals surface area contributed by atoms with E-state index in [1.807, 2.05) is 6.08 Å². The van der Waals surface area contributed by atoms with E-state index in [0.717, 1.165) is 12.5 Å². The second-order valence-electron chi connectivity index (χ2n) is 1.97. The third-order valence-electron chi connectivity index (χ3n) is 1.31. The molecule has 52 valence electrons. The zero-order valence-corrected chi connectivity index (χ0v) is 6.07. The lowest BCUT2D eigenvalue weighted by molar-refractivity contribution is 0.489. The Kier molecular flexibility index (Phi) is 1.17. The summed E-state index contributed by atoms with van der Waals surface area (Å²) in [4.78, 5) is 4.06. The smallest absolute Gasteiger partial charge is 0.238 e. The summed E-state index contributed by atoms with van der Waals surface area (Å²) < 4.78 is 1.59. The predicted octanol–water partition coefficient (Wildman–Crippen LogP) is 0.275. The summed E-state index contributed by atoms with van der Waals surface area (Å²) in [6, 6.07) is 0. The molecule has 4 nitrogen and oxygen atoms in total. The fourth-order valence-electron chi connectivity index (χ4n) is 0.854. The van der Waals surface area contributed by atoms with Crippen molar-refractivity contribution in [1.29, 1.82) is 0 Å². The van der Waals surface area contributed by atoms with Gasteiger partial charge in [0.2, 0.25) is 5.96 Å². The zero-order valence-electron chi connectivity index (χ0n) is 5.18. The lowest BCUT2D eigenvalue weighted by Gasteiger charge is -2.16. The van der Waals surface area contributed by atoms with Gasteiger partial charge in [0.1, 0.15) is 6.34 Å². The van der Waals surface area contributed by atoms with Gasteiger partial charge in [0.05, 0.1) is 6.54 Å². The Bertz CT molecular complexity index is 232. The Morgan fingerprint density at radius 2 is 2.50 bits per heavy atom. The number of hydrazone groups is 1. The van der Waals surface area contributed by atoms with Crippen molar-refractivity contribution in [1.82, 2.24) is 9.31 Å². The maximum atomic E-state index is 4.09. The molecule has 0 N–H and O–H groups in total. The lowest BCUT2D eigenvalue weighted by Crippen LogP contribution is -2.30. The molecule has 0 aromatic heterocycles. The molecule has 0 amide bonds. The van der Waals surface area contributed by atoms with Crippen molar-refractivity contribution >= 4 is 25.1 Å². The van der Waals surface area contributed by atoms with E-state index in [4.69, 9.17) is 0 Å². The topological polar surface area (TPSA) is 31.2 Å². The predicted molar refractivity (Wildman–Crippen MR) is 42.6 cm³/mol. The molecule has 0 aliphatic carbocycles. The van der Waals surface area contributed by atoms with Crippen LogP contribution in [0.2, 0.25) is 0 Å². The van der Waals surface area contributed by atoms with Gasteiger partial charge in [-0.3, -0.25) is 0 Å². The molecule has 2 heterocycles. The van der Waals surface area contributed by atoms with E-state index in [1.54, 1.807) is 21.9 Å². The highest BCUT2D eigenvalue weighted by Gasteiger charge is 2.20. The van der Waals surface area contributed by atoms with Crippen LogP contribution in [0.3, 0.4) is 0 Å². The van der Waals surface area contributed by atoms with Gasteiger partial charge in [-0.2, -0.15) is 5.10 Å². The van der Waals surface area contributed by atoms with Gasteiger partial charge in [-0.25, -0.2) is 14.3 Å². The van der Waals surface area contributed by atoms with Crippen LogP contribution in [-0.4, -0.2) is 28.2 Å². The molecule has 2 aliphatic heterocycles. The van der Waals surface area contributed by atoms with Gasteiger partial charge in [0.25, 0.3) is 0 Å². The first-order valence-electron chi connectivity index (χ1n) is 2.90. The fraction of sp³-hybridized carbons (Fsp3) is 0.200. The second kappa shape index (κ2) is 2.02. The maximum absolute atomic E-state index is 4.09. The van der Waals surface area contributed by atoms with Gasteiger partial charge < -0.3 is 0 Å². The molecule has 0 aromatic rings. The highest BCUT2D eigenvalue weighted by atomic mass is 32.1. The van der Waals surface area contributed by atoms with Crippen molar-refractivity contribution < 1.29 is 0 Å². The fourth-order valence-corrected chi connectivity index (χ4v) is 1.05. The summed E-state index contributed by atoms with van der Waals surface area (Å²) in [7, 11) is 0. The molecular weight excluding hydrogens is 148 g/mol. The SMILES string of the molecule is SN1C=NN2CC=CN=C12. The average molecular weight is 154 g/mol. The summed E-state index contributed by atoms with van der Waals surface area (Å²) in [6.45, 7) is 0.784. The van der Waals surface area contributed by atoms with E-state index in [1.165, 1.54) is 0 Å². The molecule has 2 aliphatic rings. The Hall–Kier alpha value is -0.970. The molecule has 10 heavy (non-hydrogen) atoms. The average Bonchev–Trinajstić information content (AvgIpc) is 2.34. The van der Waals surface area contributed by atoms with Crippen molar-refractivity contribution in [2.45, 2.75) is 0 Å². The van der Waals surface area contributed by atoms with Crippen LogP contribution in [0, 0.1) is 0 Å². The molecular formula is C5H6N4S. The molecule has 0 fully saturated rings. The van der Waals surface area contributed by atoms with Crippen molar-refractivity contribution in [3.63, 3.8) is 0 Å². The van der Waals surface area contributed by atoms with Crippen LogP contribution in [0.4, 0.5) is 0 Å². The van der Waals surface area contributed by atoms with Gasteiger partial charge in [-0.05, 0) is 6.08 Å². The van der Waals surface area contributed by atoms with Crippen LogP contribution < -0.4 is 0 Å². The quantitative estimate of drug-likeness (QED) is 0.508. The van der Waals surface area contributed by atoms with Crippen LogP contribution in [0.5, 0.6) is 0 Å². The number of rotatable bonds is 0. The minimum absolute atomic E-state index is 0.769.